The molecule has 1 aliphatic rings. The van der Waals surface area contributed by atoms with Crippen molar-refractivity contribution in [1.29, 1.82) is 0 Å². The van der Waals surface area contributed by atoms with E-state index in [2.05, 4.69) is 31.5 Å². The zero-order valence-electron chi connectivity index (χ0n) is 19.0. The Hall–Kier alpha value is -4.11. The number of allylic oxidation sites excluding steroid dienone is 1. The van der Waals surface area contributed by atoms with Gasteiger partial charge in [-0.15, -0.1) is 5.10 Å². The molecule has 3 N–H and O–H groups in total. The normalized spacial score (nSPS) is 14.8. The number of phenolic OH excluding ortho intramolecular Hbond substituents is 1. The van der Waals surface area contributed by atoms with Gasteiger partial charge in [-0.1, -0.05) is 52.3 Å². The van der Waals surface area contributed by atoms with Crippen LogP contribution in [0.1, 0.15) is 18.5 Å². The fourth-order valence-corrected chi connectivity index (χ4v) is 4.55. The summed E-state index contributed by atoms with van der Waals surface area (Å²) in [6, 6.07) is 21.2. The first-order valence-corrected chi connectivity index (χ1v) is 11.7. The summed E-state index contributed by atoms with van der Waals surface area (Å²) < 4.78 is 7.99. The van der Waals surface area contributed by atoms with Gasteiger partial charge in [0.25, 0.3) is 5.91 Å². The molecule has 0 saturated carbocycles. The minimum Gasteiger partial charge on any atom is -0.508 e. The minimum atomic E-state index is -0.544. The number of anilines is 2. The standard InChI is InChI=1S/C26H22BrN5O3/c1-15-22(25(34)29-20-11-3-4-12-21(20)35-2)23(16-7-5-9-18(27)13-16)32-26(28-15)30-24(31-32)17-8-6-10-19(33)14-17/h3-14,23,33H,1-2H3,(H,29,34)(H,28,30,31). The number of phenols is 1. The molecule has 4 aromatic rings. The van der Waals surface area contributed by atoms with Crippen molar-refractivity contribution in [2.75, 3.05) is 17.7 Å². The highest BCUT2D eigenvalue weighted by molar-refractivity contribution is 9.10. The van der Waals surface area contributed by atoms with E-state index in [9.17, 15) is 9.90 Å². The molecule has 0 aliphatic carbocycles. The number of fused-ring (bicyclic) bond motifs is 1. The number of para-hydroxylation sites is 2. The van der Waals surface area contributed by atoms with Gasteiger partial charge in [0.1, 0.15) is 17.5 Å². The van der Waals surface area contributed by atoms with Crippen LogP contribution in [0, 0.1) is 0 Å². The maximum absolute atomic E-state index is 13.7. The number of aromatic nitrogens is 3. The number of hydrogen-bond donors (Lipinski definition) is 3. The molecule has 0 saturated heterocycles. The second-order valence-electron chi connectivity index (χ2n) is 8.03. The molecule has 1 aliphatic heterocycles. The van der Waals surface area contributed by atoms with Crippen LogP contribution in [0.25, 0.3) is 11.4 Å². The average Bonchev–Trinajstić information content (AvgIpc) is 3.27. The third kappa shape index (κ3) is 4.38. The van der Waals surface area contributed by atoms with Crippen molar-refractivity contribution in [3.63, 3.8) is 0 Å². The lowest BCUT2D eigenvalue weighted by atomic mass is 9.95. The minimum absolute atomic E-state index is 0.123. The Balaban J connectivity index is 1.61. The number of methoxy groups -OCH3 is 1. The number of ether oxygens (including phenoxy) is 1. The third-order valence-electron chi connectivity index (χ3n) is 5.72. The van der Waals surface area contributed by atoms with Gasteiger partial charge in [0, 0.05) is 15.7 Å². The first-order chi connectivity index (χ1) is 16.9. The van der Waals surface area contributed by atoms with Crippen LogP contribution in [0.5, 0.6) is 11.5 Å². The molecule has 5 rings (SSSR count). The van der Waals surface area contributed by atoms with Crippen LogP contribution < -0.4 is 15.4 Å². The number of nitrogens with zero attached hydrogens (tertiary/aromatic N) is 3. The molecule has 1 unspecified atom stereocenters. The Kier molecular flexibility index (Phi) is 6.00. The maximum Gasteiger partial charge on any atom is 0.255 e. The lowest BCUT2D eigenvalue weighted by molar-refractivity contribution is -0.113. The van der Waals surface area contributed by atoms with Gasteiger partial charge in [0.2, 0.25) is 5.95 Å². The fraction of sp³-hybridized carbons (Fsp3) is 0.115. The van der Waals surface area contributed by atoms with Gasteiger partial charge in [0.15, 0.2) is 5.82 Å². The highest BCUT2D eigenvalue weighted by atomic mass is 79.9. The number of nitrogens with one attached hydrogen (secondary N) is 2. The van der Waals surface area contributed by atoms with E-state index in [-0.39, 0.29) is 11.7 Å². The smallest absolute Gasteiger partial charge is 0.255 e. The van der Waals surface area contributed by atoms with Gasteiger partial charge in [-0.2, -0.15) is 4.98 Å². The second-order valence-corrected chi connectivity index (χ2v) is 8.95. The van der Waals surface area contributed by atoms with Crippen molar-refractivity contribution in [1.82, 2.24) is 14.8 Å². The summed E-state index contributed by atoms with van der Waals surface area (Å²) in [5.41, 5.74) is 3.25. The summed E-state index contributed by atoms with van der Waals surface area (Å²) in [6.45, 7) is 1.84. The van der Waals surface area contributed by atoms with Crippen molar-refractivity contribution in [2.24, 2.45) is 0 Å². The van der Waals surface area contributed by atoms with Crippen LogP contribution in [0.4, 0.5) is 11.6 Å². The van der Waals surface area contributed by atoms with E-state index in [1.165, 1.54) is 0 Å². The van der Waals surface area contributed by atoms with Crippen LogP contribution in [-0.4, -0.2) is 32.9 Å². The molecule has 0 spiro atoms. The SMILES string of the molecule is COc1ccccc1NC(=O)C1=C(C)Nc2nc(-c3cccc(O)c3)nn2C1c1cccc(Br)c1. The second kappa shape index (κ2) is 9.27. The van der Waals surface area contributed by atoms with Gasteiger partial charge in [-0.05, 0) is 48.9 Å². The fourth-order valence-electron chi connectivity index (χ4n) is 4.13. The molecule has 1 aromatic heterocycles. The van der Waals surface area contributed by atoms with Gasteiger partial charge in [-0.3, -0.25) is 4.79 Å². The van der Waals surface area contributed by atoms with Gasteiger partial charge >= 0.3 is 0 Å². The summed E-state index contributed by atoms with van der Waals surface area (Å²) in [5, 5.41) is 20.9. The van der Waals surface area contributed by atoms with E-state index < -0.39 is 6.04 Å². The number of aromatic hydroxyl groups is 1. The number of amides is 1. The maximum atomic E-state index is 13.7. The number of hydrogen-bond acceptors (Lipinski definition) is 6. The Labute approximate surface area is 210 Å². The number of carbonyl (C=O) groups excluding carboxylic acids is 1. The van der Waals surface area contributed by atoms with E-state index in [4.69, 9.17) is 9.84 Å². The molecule has 8 nitrogen and oxygen atoms in total. The van der Waals surface area contributed by atoms with E-state index in [1.54, 1.807) is 42.1 Å². The Bertz CT molecular complexity index is 1460. The topological polar surface area (TPSA) is 101 Å². The number of benzene rings is 3. The van der Waals surface area contributed by atoms with Crippen LogP contribution in [0.3, 0.4) is 0 Å². The summed E-state index contributed by atoms with van der Waals surface area (Å²) in [4.78, 5) is 18.3. The largest absolute Gasteiger partial charge is 0.508 e. The van der Waals surface area contributed by atoms with Crippen molar-refractivity contribution in [2.45, 2.75) is 13.0 Å². The van der Waals surface area contributed by atoms with Crippen LogP contribution in [-0.2, 0) is 4.79 Å². The lowest BCUT2D eigenvalue weighted by Gasteiger charge is -2.29. The zero-order valence-corrected chi connectivity index (χ0v) is 20.6. The molecule has 0 fully saturated rings. The summed E-state index contributed by atoms with van der Waals surface area (Å²) in [6.07, 6.45) is 0. The molecule has 35 heavy (non-hydrogen) atoms. The number of halogens is 1. The highest BCUT2D eigenvalue weighted by Crippen LogP contribution is 2.38. The zero-order chi connectivity index (χ0) is 24.5. The molecule has 3 aromatic carbocycles. The van der Waals surface area contributed by atoms with E-state index >= 15 is 0 Å². The van der Waals surface area contributed by atoms with E-state index in [0.717, 1.165) is 10.0 Å². The predicted octanol–water partition coefficient (Wildman–Crippen LogP) is 5.35. The van der Waals surface area contributed by atoms with Crippen LogP contribution >= 0.6 is 15.9 Å². The van der Waals surface area contributed by atoms with Crippen molar-refractivity contribution >= 4 is 33.5 Å². The average molecular weight is 532 g/mol. The Morgan fingerprint density at radius 1 is 1.11 bits per heavy atom. The molecule has 9 heteroatoms. The molecule has 1 amide bonds. The van der Waals surface area contributed by atoms with E-state index in [0.29, 0.717) is 40.0 Å². The monoisotopic (exact) mass is 531 g/mol. The predicted molar refractivity (Wildman–Crippen MR) is 137 cm³/mol. The van der Waals surface area contributed by atoms with Crippen molar-refractivity contribution in [3.8, 4) is 22.9 Å². The lowest BCUT2D eigenvalue weighted by Crippen LogP contribution is -2.31. The molecule has 1 atom stereocenters. The van der Waals surface area contributed by atoms with Crippen molar-refractivity contribution in [3.05, 3.63) is 94.1 Å². The van der Waals surface area contributed by atoms with Crippen LogP contribution in [0.2, 0.25) is 0 Å². The molecule has 0 radical (unpaired) electrons. The van der Waals surface area contributed by atoms with Gasteiger partial charge in [-0.25, -0.2) is 4.68 Å². The number of carbonyl (C=O) groups is 1. The van der Waals surface area contributed by atoms with Crippen LogP contribution in [0.15, 0.2) is 88.5 Å². The molecule has 0 bridgehead atoms. The Morgan fingerprint density at radius 2 is 1.91 bits per heavy atom. The summed E-state index contributed by atoms with van der Waals surface area (Å²) >= 11 is 3.54. The quantitative estimate of drug-likeness (QED) is 0.321. The third-order valence-corrected chi connectivity index (χ3v) is 6.21. The van der Waals surface area contributed by atoms with Gasteiger partial charge < -0.3 is 20.5 Å². The summed E-state index contributed by atoms with van der Waals surface area (Å²) in [7, 11) is 1.56. The molecule has 2 heterocycles. The Morgan fingerprint density at radius 3 is 2.69 bits per heavy atom. The first-order valence-electron chi connectivity index (χ1n) is 10.9. The van der Waals surface area contributed by atoms with Crippen molar-refractivity contribution < 1.29 is 14.6 Å². The first kappa shape index (κ1) is 22.7. The highest BCUT2D eigenvalue weighted by Gasteiger charge is 2.35. The van der Waals surface area contributed by atoms with Gasteiger partial charge in [0.05, 0.1) is 18.4 Å². The number of rotatable bonds is 5. The molecule has 176 valence electrons. The summed E-state index contributed by atoms with van der Waals surface area (Å²) in [5.74, 6) is 1.33. The van der Waals surface area contributed by atoms with E-state index in [1.807, 2.05) is 49.4 Å². The molecular weight excluding hydrogens is 510 g/mol. The molecular formula is C26H22BrN5O3.